The SMILES string of the molecule is CCCOC(=O)[C@@]1(C)[C@@H](O)C[C@@H]2CC[C@H]1N2C. The van der Waals surface area contributed by atoms with Crippen LogP contribution in [0.15, 0.2) is 0 Å². The van der Waals surface area contributed by atoms with Gasteiger partial charge in [0.25, 0.3) is 0 Å². The van der Waals surface area contributed by atoms with Gasteiger partial charge in [0.2, 0.25) is 0 Å². The van der Waals surface area contributed by atoms with E-state index in [1.54, 1.807) is 0 Å². The van der Waals surface area contributed by atoms with E-state index in [9.17, 15) is 9.90 Å². The highest BCUT2D eigenvalue weighted by atomic mass is 16.5. The number of esters is 1. The first-order valence-electron chi connectivity index (χ1n) is 6.59. The van der Waals surface area contributed by atoms with Crippen molar-refractivity contribution in [3.8, 4) is 0 Å². The van der Waals surface area contributed by atoms with E-state index in [0.717, 1.165) is 19.3 Å². The lowest BCUT2D eigenvalue weighted by atomic mass is 9.73. The van der Waals surface area contributed by atoms with E-state index in [-0.39, 0.29) is 12.0 Å². The molecule has 1 N–H and O–H groups in total. The monoisotopic (exact) mass is 241 g/mol. The quantitative estimate of drug-likeness (QED) is 0.754. The Morgan fingerprint density at radius 3 is 2.88 bits per heavy atom. The largest absolute Gasteiger partial charge is 0.465 e. The van der Waals surface area contributed by atoms with Gasteiger partial charge in [-0.15, -0.1) is 0 Å². The van der Waals surface area contributed by atoms with Crippen LogP contribution in [-0.2, 0) is 9.53 Å². The number of carbonyl (C=O) groups excluding carboxylic acids is 1. The van der Waals surface area contributed by atoms with Gasteiger partial charge in [-0.3, -0.25) is 9.69 Å². The minimum atomic E-state index is -0.753. The third kappa shape index (κ3) is 1.87. The minimum Gasteiger partial charge on any atom is -0.465 e. The summed E-state index contributed by atoms with van der Waals surface area (Å²) in [4.78, 5) is 14.5. The molecule has 4 nitrogen and oxygen atoms in total. The van der Waals surface area contributed by atoms with Crippen molar-refractivity contribution in [2.75, 3.05) is 13.7 Å². The third-order valence-corrected chi connectivity index (χ3v) is 4.60. The van der Waals surface area contributed by atoms with Crippen LogP contribution in [-0.4, -0.2) is 47.8 Å². The van der Waals surface area contributed by atoms with Gasteiger partial charge in [0.05, 0.1) is 12.7 Å². The molecular weight excluding hydrogens is 218 g/mol. The summed E-state index contributed by atoms with van der Waals surface area (Å²) in [6.07, 6.45) is 3.00. The van der Waals surface area contributed by atoms with E-state index < -0.39 is 11.5 Å². The summed E-state index contributed by atoms with van der Waals surface area (Å²) in [5.74, 6) is -0.232. The summed E-state index contributed by atoms with van der Waals surface area (Å²) in [7, 11) is 2.06. The van der Waals surface area contributed by atoms with Gasteiger partial charge in [0.15, 0.2) is 0 Å². The number of carbonyl (C=O) groups is 1. The summed E-state index contributed by atoms with van der Waals surface area (Å²) >= 11 is 0. The molecule has 17 heavy (non-hydrogen) atoms. The molecule has 4 heteroatoms. The molecule has 0 aromatic carbocycles. The van der Waals surface area contributed by atoms with Crippen LogP contribution in [0.2, 0.25) is 0 Å². The lowest BCUT2D eigenvalue weighted by Gasteiger charge is -2.46. The van der Waals surface area contributed by atoms with Gasteiger partial charge in [-0.05, 0) is 39.7 Å². The Balaban J connectivity index is 2.18. The Bertz CT molecular complexity index is 307. The number of hydrogen-bond donors (Lipinski definition) is 1. The molecule has 2 heterocycles. The molecule has 0 radical (unpaired) electrons. The first-order chi connectivity index (χ1) is 8.01. The van der Waals surface area contributed by atoms with Gasteiger partial charge >= 0.3 is 5.97 Å². The maximum atomic E-state index is 12.2. The Morgan fingerprint density at radius 2 is 2.24 bits per heavy atom. The zero-order valence-corrected chi connectivity index (χ0v) is 11.0. The Morgan fingerprint density at radius 1 is 1.53 bits per heavy atom. The van der Waals surface area contributed by atoms with Crippen molar-refractivity contribution in [1.82, 2.24) is 4.90 Å². The third-order valence-electron chi connectivity index (χ3n) is 4.60. The minimum absolute atomic E-state index is 0.126. The van der Waals surface area contributed by atoms with E-state index in [2.05, 4.69) is 11.9 Å². The lowest BCUT2D eigenvalue weighted by Crippen LogP contribution is -2.59. The molecule has 0 spiro atoms. The van der Waals surface area contributed by atoms with Crippen molar-refractivity contribution < 1.29 is 14.6 Å². The van der Waals surface area contributed by atoms with Gasteiger partial charge in [-0.2, -0.15) is 0 Å². The van der Waals surface area contributed by atoms with Crippen LogP contribution in [0.4, 0.5) is 0 Å². The summed E-state index contributed by atoms with van der Waals surface area (Å²) in [5, 5.41) is 10.3. The highest BCUT2D eigenvalue weighted by Crippen LogP contribution is 2.46. The van der Waals surface area contributed by atoms with Crippen molar-refractivity contribution in [2.24, 2.45) is 5.41 Å². The number of aliphatic hydroxyl groups excluding tert-OH is 1. The van der Waals surface area contributed by atoms with Gasteiger partial charge in [-0.1, -0.05) is 6.92 Å². The number of aliphatic hydroxyl groups is 1. The molecule has 98 valence electrons. The van der Waals surface area contributed by atoms with E-state index >= 15 is 0 Å². The van der Waals surface area contributed by atoms with E-state index in [1.807, 2.05) is 13.8 Å². The number of rotatable bonds is 3. The average Bonchev–Trinajstić information content (AvgIpc) is 2.59. The van der Waals surface area contributed by atoms with E-state index in [1.165, 1.54) is 0 Å². The summed E-state index contributed by atoms with van der Waals surface area (Å²) in [6, 6.07) is 0.558. The highest BCUT2D eigenvalue weighted by Gasteiger charge is 2.57. The van der Waals surface area contributed by atoms with Crippen molar-refractivity contribution in [3.63, 3.8) is 0 Å². The molecule has 2 saturated heterocycles. The normalized spacial score (nSPS) is 41.5. The highest BCUT2D eigenvalue weighted by molar-refractivity contribution is 5.78. The molecular formula is C13H23NO3. The van der Waals surface area contributed by atoms with Crippen molar-refractivity contribution in [3.05, 3.63) is 0 Å². The van der Waals surface area contributed by atoms with Crippen LogP contribution in [0, 0.1) is 5.41 Å². The Labute approximate surface area is 103 Å². The average molecular weight is 241 g/mol. The zero-order valence-electron chi connectivity index (χ0n) is 11.0. The van der Waals surface area contributed by atoms with Crippen LogP contribution in [0.5, 0.6) is 0 Å². The van der Waals surface area contributed by atoms with E-state index in [4.69, 9.17) is 4.74 Å². The van der Waals surface area contributed by atoms with Gasteiger partial charge in [0, 0.05) is 12.1 Å². The summed E-state index contributed by atoms with van der Waals surface area (Å²) in [6.45, 7) is 4.28. The molecule has 2 aliphatic heterocycles. The molecule has 2 bridgehead atoms. The van der Waals surface area contributed by atoms with E-state index in [0.29, 0.717) is 19.1 Å². The molecule has 0 aromatic rings. The molecule has 0 aliphatic carbocycles. The van der Waals surface area contributed by atoms with Gasteiger partial charge in [-0.25, -0.2) is 0 Å². The molecule has 2 rings (SSSR count). The fraction of sp³-hybridized carbons (Fsp3) is 0.923. The molecule has 2 aliphatic rings. The Hall–Kier alpha value is -0.610. The maximum absolute atomic E-state index is 12.2. The molecule has 0 aromatic heterocycles. The fourth-order valence-corrected chi connectivity index (χ4v) is 3.37. The molecule has 2 fully saturated rings. The number of hydrogen-bond acceptors (Lipinski definition) is 4. The molecule has 4 atom stereocenters. The van der Waals surface area contributed by atoms with Crippen LogP contribution in [0.25, 0.3) is 0 Å². The maximum Gasteiger partial charge on any atom is 0.316 e. The number of piperidine rings is 1. The second-order valence-electron chi connectivity index (χ2n) is 5.58. The second kappa shape index (κ2) is 4.58. The van der Waals surface area contributed by atoms with Crippen molar-refractivity contribution >= 4 is 5.97 Å². The van der Waals surface area contributed by atoms with Crippen LogP contribution >= 0.6 is 0 Å². The lowest BCUT2D eigenvalue weighted by molar-refractivity contribution is -0.173. The standard InChI is InChI=1S/C13H23NO3/c1-4-7-17-12(16)13(2)10-6-5-9(14(10)3)8-11(13)15/h9-11,15H,4-8H2,1-3H3/t9-,10+,11-,13+/m0/s1. The van der Waals surface area contributed by atoms with Gasteiger partial charge < -0.3 is 9.84 Å². The predicted molar refractivity (Wildman–Crippen MR) is 64.6 cm³/mol. The second-order valence-corrected chi connectivity index (χ2v) is 5.58. The Kier molecular flexibility index (Phi) is 3.46. The number of fused-ring (bicyclic) bond motifs is 2. The molecule has 0 saturated carbocycles. The number of ether oxygens (including phenoxy) is 1. The topological polar surface area (TPSA) is 49.8 Å². The van der Waals surface area contributed by atoms with Crippen molar-refractivity contribution in [2.45, 2.75) is 57.7 Å². The summed E-state index contributed by atoms with van der Waals surface area (Å²) < 4.78 is 5.28. The summed E-state index contributed by atoms with van der Waals surface area (Å²) in [5.41, 5.74) is -0.753. The van der Waals surface area contributed by atoms with Gasteiger partial charge in [0.1, 0.15) is 5.41 Å². The molecule has 0 amide bonds. The molecule has 0 unspecified atom stereocenters. The first-order valence-corrected chi connectivity index (χ1v) is 6.59. The first kappa shape index (κ1) is 12.8. The smallest absolute Gasteiger partial charge is 0.316 e. The van der Waals surface area contributed by atoms with Crippen LogP contribution in [0.3, 0.4) is 0 Å². The fourth-order valence-electron chi connectivity index (χ4n) is 3.37. The van der Waals surface area contributed by atoms with Crippen molar-refractivity contribution in [1.29, 1.82) is 0 Å². The predicted octanol–water partition coefficient (Wildman–Crippen LogP) is 1.17. The number of nitrogens with zero attached hydrogens (tertiary/aromatic N) is 1. The zero-order chi connectivity index (χ0) is 12.6. The van der Waals surface area contributed by atoms with Crippen LogP contribution < -0.4 is 0 Å². The van der Waals surface area contributed by atoms with Crippen LogP contribution in [0.1, 0.15) is 39.5 Å².